The lowest BCUT2D eigenvalue weighted by molar-refractivity contribution is 1.18. The van der Waals surface area contributed by atoms with Gasteiger partial charge in [-0.3, -0.25) is 0 Å². The minimum atomic E-state index is 0.744. The van der Waals surface area contributed by atoms with Crippen LogP contribution in [0, 0.1) is 0 Å². The average molecular weight is 454 g/mol. The van der Waals surface area contributed by atoms with Gasteiger partial charge in [0.1, 0.15) is 0 Å². The van der Waals surface area contributed by atoms with Crippen molar-refractivity contribution < 1.29 is 0 Å². The first-order chi connectivity index (χ1) is 16.8. The van der Waals surface area contributed by atoms with Gasteiger partial charge in [-0.05, 0) is 69.1 Å². The molecule has 1 aromatic heterocycles. The summed E-state index contributed by atoms with van der Waals surface area (Å²) in [6.45, 7) is 0. The molecule has 1 nitrogen and oxygen atoms in total. The molecule has 34 heavy (non-hydrogen) atoms. The van der Waals surface area contributed by atoms with E-state index in [-0.39, 0.29) is 0 Å². The van der Waals surface area contributed by atoms with Crippen LogP contribution in [-0.2, 0) is 0 Å². The first-order valence-electron chi connectivity index (χ1n) is 11.5. The van der Waals surface area contributed by atoms with Crippen LogP contribution in [0.2, 0.25) is 5.02 Å². The second kappa shape index (κ2) is 7.48. The third-order valence-electron chi connectivity index (χ3n) is 6.82. The van der Waals surface area contributed by atoms with Crippen molar-refractivity contribution in [2.24, 2.45) is 0 Å². The normalized spacial score (nSPS) is 11.7. The molecular formula is C32H20ClN. The molecule has 0 spiro atoms. The maximum atomic E-state index is 6.44. The van der Waals surface area contributed by atoms with Crippen molar-refractivity contribution in [3.05, 3.63) is 126 Å². The predicted molar refractivity (Wildman–Crippen MR) is 146 cm³/mol. The summed E-state index contributed by atoms with van der Waals surface area (Å²) in [5, 5.41) is 8.28. The largest absolute Gasteiger partial charge is 0.309 e. The summed E-state index contributed by atoms with van der Waals surface area (Å²) >= 11 is 6.44. The van der Waals surface area contributed by atoms with Gasteiger partial charge < -0.3 is 4.57 Å². The molecule has 0 aliphatic rings. The van der Waals surface area contributed by atoms with E-state index in [9.17, 15) is 0 Å². The zero-order chi connectivity index (χ0) is 22.6. The van der Waals surface area contributed by atoms with Gasteiger partial charge in [-0.2, -0.15) is 0 Å². The Bertz CT molecular complexity index is 1880. The number of aromatic nitrogens is 1. The summed E-state index contributed by atoms with van der Waals surface area (Å²) in [5.74, 6) is 0. The van der Waals surface area contributed by atoms with E-state index < -0.39 is 0 Å². The number of hydrogen-bond donors (Lipinski definition) is 0. The average Bonchev–Trinajstić information content (AvgIpc) is 3.21. The number of fused-ring (bicyclic) bond motifs is 6. The molecule has 2 heteroatoms. The highest BCUT2D eigenvalue weighted by molar-refractivity contribution is 6.31. The lowest BCUT2D eigenvalue weighted by Gasteiger charge is -2.13. The fourth-order valence-electron chi connectivity index (χ4n) is 5.33. The van der Waals surface area contributed by atoms with Gasteiger partial charge in [0.05, 0.1) is 11.0 Å². The van der Waals surface area contributed by atoms with E-state index in [2.05, 4.69) is 120 Å². The van der Waals surface area contributed by atoms with Gasteiger partial charge in [-0.1, -0.05) is 96.5 Å². The molecule has 0 saturated carbocycles. The Morgan fingerprint density at radius 1 is 0.471 bits per heavy atom. The second-order valence-electron chi connectivity index (χ2n) is 8.76. The molecule has 0 radical (unpaired) electrons. The fourth-order valence-corrected chi connectivity index (χ4v) is 5.49. The van der Waals surface area contributed by atoms with E-state index in [0.29, 0.717) is 0 Å². The smallest absolute Gasteiger partial charge is 0.0555 e. The van der Waals surface area contributed by atoms with Gasteiger partial charge in [0.15, 0.2) is 0 Å². The highest BCUT2D eigenvalue weighted by atomic mass is 35.5. The van der Waals surface area contributed by atoms with Crippen LogP contribution < -0.4 is 0 Å². The maximum absolute atomic E-state index is 6.44. The van der Waals surface area contributed by atoms with Gasteiger partial charge in [0.2, 0.25) is 0 Å². The minimum absolute atomic E-state index is 0.744. The first kappa shape index (κ1) is 19.4. The van der Waals surface area contributed by atoms with Crippen molar-refractivity contribution in [2.75, 3.05) is 0 Å². The molecule has 6 aromatic carbocycles. The van der Waals surface area contributed by atoms with Gasteiger partial charge in [-0.25, -0.2) is 0 Å². The van der Waals surface area contributed by atoms with E-state index in [1.807, 2.05) is 6.07 Å². The topological polar surface area (TPSA) is 4.93 Å². The molecule has 1 heterocycles. The SMILES string of the molecule is Clc1ccc2c3ccccc3n(-c3cccc(-c4cc5ccccc5c5ccccc45)c3)c2c1. The van der Waals surface area contributed by atoms with Crippen LogP contribution in [-0.4, -0.2) is 4.57 Å². The van der Waals surface area contributed by atoms with Crippen molar-refractivity contribution >= 4 is 55.0 Å². The van der Waals surface area contributed by atoms with Crippen molar-refractivity contribution in [3.8, 4) is 16.8 Å². The molecule has 0 fully saturated rings. The standard InChI is InChI=1S/C32H20ClN/c33-23-16-17-29-28-14-5-6-15-31(28)34(32(29)20-23)24-10-7-9-21(18-24)30-19-22-8-1-2-11-25(22)26-12-3-4-13-27(26)30/h1-20H. The molecule has 0 saturated heterocycles. The Balaban J connectivity index is 1.53. The van der Waals surface area contributed by atoms with E-state index in [1.54, 1.807) is 0 Å². The first-order valence-corrected chi connectivity index (χ1v) is 11.9. The molecule has 0 unspecified atom stereocenters. The number of rotatable bonds is 2. The lowest BCUT2D eigenvalue weighted by Crippen LogP contribution is -1.94. The third-order valence-corrected chi connectivity index (χ3v) is 7.05. The van der Waals surface area contributed by atoms with Crippen molar-refractivity contribution in [3.63, 3.8) is 0 Å². The number of hydrogen-bond acceptors (Lipinski definition) is 0. The fraction of sp³-hybridized carbons (Fsp3) is 0. The number of nitrogens with zero attached hydrogens (tertiary/aromatic N) is 1. The van der Waals surface area contributed by atoms with E-state index in [0.717, 1.165) is 16.2 Å². The summed E-state index contributed by atoms with van der Waals surface area (Å²) in [4.78, 5) is 0. The van der Waals surface area contributed by atoms with Gasteiger partial charge >= 0.3 is 0 Å². The summed E-state index contributed by atoms with van der Waals surface area (Å²) in [6.07, 6.45) is 0. The Kier molecular flexibility index (Phi) is 4.27. The van der Waals surface area contributed by atoms with Crippen LogP contribution in [0.1, 0.15) is 0 Å². The lowest BCUT2D eigenvalue weighted by atomic mass is 9.93. The summed E-state index contributed by atoms with van der Waals surface area (Å²) < 4.78 is 2.32. The second-order valence-corrected chi connectivity index (χ2v) is 9.19. The number of halogens is 1. The van der Waals surface area contributed by atoms with Crippen molar-refractivity contribution in [2.45, 2.75) is 0 Å². The zero-order valence-corrected chi connectivity index (χ0v) is 19.1. The van der Waals surface area contributed by atoms with Gasteiger partial charge in [-0.15, -0.1) is 0 Å². The Labute approximate surface area is 202 Å². The van der Waals surface area contributed by atoms with E-state index >= 15 is 0 Å². The van der Waals surface area contributed by atoms with Crippen LogP contribution in [0.25, 0.3) is 60.2 Å². The molecular weight excluding hydrogens is 434 g/mol. The van der Waals surface area contributed by atoms with Crippen molar-refractivity contribution in [1.29, 1.82) is 0 Å². The quantitative estimate of drug-likeness (QED) is 0.230. The third kappa shape index (κ3) is 2.88. The van der Waals surface area contributed by atoms with Crippen LogP contribution in [0.3, 0.4) is 0 Å². The Morgan fingerprint density at radius 3 is 2.06 bits per heavy atom. The molecule has 160 valence electrons. The highest BCUT2D eigenvalue weighted by Gasteiger charge is 2.14. The molecule has 0 aliphatic carbocycles. The Hall–Kier alpha value is -4.07. The maximum Gasteiger partial charge on any atom is 0.0555 e. The number of benzene rings is 6. The number of para-hydroxylation sites is 1. The summed E-state index contributed by atoms with van der Waals surface area (Å²) in [5.41, 5.74) is 5.88. The minimum Gasteiger partial charge on any atom is -0.309 e. The van der Waals surface area contributed by atoms with E-state index in [4.69, 9.17) is 11.6 Å². The molecule has 0 N–H and O–H groups in total. The zero-order valence-electron chi connectivity index (χ0n) is 18.4. The monoisotopic (exact) mass is 453 g/mol. The Morgan fingerprint density at radius 2 is 1.18 bits per heavy atom. The van der Waals surface area contributed by atoms with Crippen LogP contribution >= 0.6 is 11.6 Å². The molecule has 0 bridgehead atoms. The predicted octanol–water partition coefficient (Wildman–Crippen LogP) is 9.41. The van der Waals surface area contributed by atoms with Crippen molar-refractivity contribution in [1.82, 2.24) is 4.57 Å². The molecule has 0 amide bonds. The van der Waals surface area contributed by atoms with Crippen LogP contribution in [0.4, 0.5) is 0 Å². The van der Waals surface area contributed by atoms with Crippen LogP contribution in [0.15, 0.2) is 121 Å². The van der Waals surface area contributed by atoms with Crippen LogP contribution in [0.5, 0.6) is 0 Å². The highest BCUT2D eigenvalue weighted by Crippen LogP contribution is 2.37. The molecule has 7 aromatic rings. The molecule has 7 rings (SSSR count). The van der Waals surface area contributed by atoms with Gasteiger partial charge in [0, 0.05) is 21.5 Å². The van der Waals surface area contributed by atoms with Gasteiger partial charge in [0.25, 0.3) is 0 Å². The molecule has 0 atom stereocenters. The summed E-state index contributed by atoms with van der Waals surface area (Å²) in [6, 6.07) is 43.2. The summed E-state index contributed by atoms with van der Waals surface area (Å²) in [7, 11) is 0. The molecule has 0 aliphatic heterocycles. The van der Waals surface area contributed by atoms with E-state index in [1.165, 1.54) is 49.0 Å².